The van der Waals surface area contributed by atoms with Crippen molar-refractivity contribution in [1.29, 1.82) is 0 Å². The van der Waals surface area contributed by atoms with Crippen molar-refractivity contribution in [2.24, 2.45) is 4.99 Å². The molecule has 2 rings (SSSR count). The second-order valence-electron chi connectivity index (χ2n) is 5.61. The molecule has 0 saturated heterocycles. The Morgan fingerprint density at radius 1 is 1.12 bits per heavy atom. The molecule has 130 valence electrons. The van der Waals surface area contributed by atoms with Crippen LogP contribution >= 0.6 is 11.3 Å². The summed E-state index contributed by atoms with van der Waals surface area (Å²) in [5, 5.41) is 10.1. The first kappa shape index (κ1) is 18.5. The van der Waals surface area contributed by atoms with Crippen molar-refractivity contribution in [3.8, 4) is 0 Å². The van der Waals surface area contributed by atoms with Crippen LogP contribution in [0.3, 0.4) is 0 Å². The molecule has 0 aliphatic rings. The fraction of sp³-hybridized carbons (Fsp3) is 0.474. The number of nitrogens with zero attached hydrogens (tertiary/aromatic N) is 2. The average molecular weight is 345 g/mol. The summed E-state index contributed by atoms with van der Waals surface area (Å²) in [6.45, 7) is 6.81. The first-order valence-corrected chi connectivity index (χ1v) is 9.69. The molecule has 1 aromatic carbocycles. The first-order chi connectivity index (χ1) is 11.8. The Labute approximate surface area is 149 Å². The molecule has 0 radical (unpaired) electrons. The minimum atomic E-state index is 0.834. The summed E-state index contributed by atoms with van der Waals surface area (Å²) in [5.41, 5.74) is 2.55. The van der Waals surface area contributed by atoms with Gasteiger partial charge in [-0.1, -0.05) is 37.3 Å². The Morgan fingerprint density at radius 3 is 2.67 bits per heavy atom. The zero-order chi connectivity index (χ0) is 17.0. The summed E-state index contributed by atoms with van der Waals surface area (Å²) in [4.78, 5) is 9.26. The number of rotatable bonds is 9. The molecule has 0 amide bonds. The van der Waals surface area contributed by atoms with Gasteiger partial charge in [-0.15, -0.1) is 11.3 Å². The van der Waals surface area contributed by atoms with Crippen LogP contribution < -0.4 is 10.6 Å². The van der Waals surface area contributed by atoms with Gasteiger partial charge in [0.25, 0.3) is 0 Å². The van der Waals surface area contributed by atoms with Gasteiger partial charge in [0.1, 0.15) is 0 Å². The van der Waals surface area contributed by atoms with E-state index in [0.717, 1.165) is 51.3 Å². The number of guanidine groups is 1. The zero-order valence-electron chi connectivity index (χ0n) is 14.7. The highest BCUT2D eigenvalue weighted by Crippen LogP contribution is 2.10. The van der Waals surface area contributed by atoms with E-state index in [-0.39, 0.29) is 0 Å². The number of hydrogen-bond donors (Lipinski definition) is 2. The minimum Gasteiger partial charge on any atom is -0.357 e. The quantitative estimate of drug-likeness (QED) is 0.416. The van der Waals surface area contributed by atoms with Gasteiger partial charge in [0.15, 0.2) is 5.96 Å². The van der Waals surface area contributed by atoms with Crippen molar-refractivity contribution in [2.45, 2.75) is 39.5 Å². The summed E-state index contributed by atoms with van der Waals surface area (Å²) >= 11 is 1.75. The van der Waals surface area contributed by atoms with Crippen molar-refractivity contribution < 1.29 is 0 Å². The second-order valence-corrected chi connectivity index (χ2v) is 6.56. The molecular formula is C19H28N4S. The number of thiazole rings is 1. The molecule has 5 heteroatoms. The molecular weight excluding hydrogens is 316 g/mol. The normalized spacial score (nSPS) is 11.5. The molecule has 0 spiro atoms. The number of aryl methyl sites for hydroxylation is 2. The van der Waals surface area contributed by atoms with E-state index in [0.29, 0.717) is 0 Å². The first-order valence-electron chi connectivity index (χ1n) is 8.81. The Hall–Kier alpha value is -1.88. The van der Waals surface area contributed by atoms with E-state index in [4.69, 9.17) is 0 Å². The van der Waals surface area contributed by atoms with Gasteiger partial charge in [-0.3, -0.25) is 4.99 Å². The molecule has 0 bridgehead atoms. The van der Waals surface area contributed by atoms with E-state index in [9.17, 15) is 0 Å². The van der Waals surface area contributed by atoms with Gasteiger partial charge in [0.2, 0.25) is 0 Å². The minimum absolute atomic E-state index is 0.834. The van der Waals surface area contributed by atoms with Crippen LogP contribution in [0.4, 0.5) is 0 Å². The van der Waals surface area contributed by atoms with Gasteiger partial charge in [-0.05, 0) is 31.7 Å². The van der Waals surface area contributed by atoms with Gasteiger partial charge in [0.05, 0.1) is 10.7 Å². The van der Waals surface area contributed by atoms with Crippen molar-refractivity contribution in [2.75, 3.05) is 19.6 Å². The molecule has 0 fully saturated rings. The molecule has 24 heavy (non-hydrogen) atoms. The second kappa shape index (κ2) is 10.8. The van der Waals surface area contributed by atoms with Crippen molar-refractivity contribution >= 4 is 17.3 Å². The lowest BCUT2D eigenvalue weighted by atomic mass is 10.1. The Morgan fingerprint density at radius 2 is 1.96 bits per heavy atom. The smallest absolute Gasteiger partial charge is 0.191 e. The average Bonchev–Trinajstić information content (AvgIpc) is 3.07. The highest BCUT2D eigenvalue weighted by atomic mass is 32.1. The molecule has 2 aromatic rings. The molecule has 0 aliphatic carbocycles. The lowest BCUT2D eigenvalue weighted by Crippen LogP contribution is -2.38. The monoisotopic (exact) mass is 344 g/mol. The van der Waals surface area contributed by atoms with E-state index in [1.165, 1.54) is 16.3 Å². The third-order valence-electron chi connectivity index (χ3n) is 3.66. The van der Waals surface area contributed by atoms with Crippen LogP contribution in [0.25, 0.3) is 0 Å². The Kier molecular flexibility index (Phi) is 8.32. The summed E-state index contributed by atoms with van der Waals surface area (Å²) in [5.74, 6) is 0.900. The lowest BCUT2D eigenvalue weighted by molar-refractivity contribution is 0.771. The van der Waals surface area contributed by atoms with Crippen LogP contribution in [-0.2, 0) is 19.3 Å². The van der Waals surface area contributed by atoms with Crippen LogP contribution in [0.2, 0.25) is 0 Å². The highest BCUT2D eigenvalue weighted by Gasteiger charge is 2.01. The van der Waals surface area contributed by atoms with E-state index in [2.05, 4.69) is 70.2 Å². The molecule has 0 atom stereocenters. The van der Waals surface area contributed by atoms with Crippen LogP contribution in [0.15, 0.2) is 40.7 Å². The van der Waals surface area contributed by atoms with Crippen LogP contribution in [-0.4, -0.2) is 30.6 Å². The summed E-state index contributed by atoms with van der Waals surface area (Å²) < 4.78 is 0. The summed E-state index contributed by atoms with van der Waals surface area (Å²) in [6.07, 6.45) is 4.09. The van der Waals surface area contributed by atoms with Crippen molar-refractivity contribution in [3.63, 3.8) is 0 Å². The number of benzene rings is 1. The Bertz CT molecular complexity index is 607. The molecule has 0 aliphatic heterocycles. The topological polar surface area (TPSA) is 49.3 Å². The van der Waals surface area contributed by atoms with Gasteiger partial charge >= 0.3 is 0 Å². The fourth-order valence-corrected chi connectivity index (χ4v) is 3.17. The van der Waals surface area contributed by atoms with E-state index in [1.807, 2.05) is 0 Å². The maximum absolute atomic E-state index is 4.66. The maximum atomic E-state index is 4.66. The van der Waals surface area contributed by atoms with E-state index in [1.54, 1.807) is 11.3 Å². The molecule has 1 heterocycles. The number of aromatic nitrogens is 1. The Balaban J connectivity index is 1.71. The molecule has 1 aromatic heterocycles. The van der Waals surface area contributed by atoms with E-state index < -0.39 is 0 Å². The van der Waals surface area contributed by atoms with E-state index >= 15 is 0 Å². The molecule has 0 saturated carbocycles. The predicted molar refractivity (Wildman–Crippen MR) is 104 cm³/mol. The van der Waals surface area contributed by atoms with Gasteiger partial charge in [-0.2, -0.15) is 0 Å². The van der Waals surface area contributed by atoms with Crippen LogP contribution in [0, 0.1) is 0 Å². The lowest BCUT2D eigenvalue weighted by Gasteiger charge is -2.10. The molecule has 4 nitrogen and oxygen atoms in total. The largest absolute Gasteiger partial charge is 0.357 e. The summed E-state index contributed by atoms with van der Waals surface area (Å²) in [7, 11) is 0. The van der Waals surface area contributed by atoms with Crippen LogP contribution in [0.1, 0.15) is 36.5 Å². The summed E-state index contributed by atoms with van der Waals surface area (Å²) in [6, 6.07) is 10.6. The van der Waals surface area contributed by atoms with Gasteiger partial charge in [0, 0.05) is 31.4 Å². The van der Waals surface area contributed by atoms with Gasteiger partial charge in [-0.25, -0.2) is 4.98 Å². The maximum Gasteiger partial charge on any atom is 0.191 e. The van der Waals surface area contributed by atoms with Gasteiger partial charge < -0.3 is 10.6 Å². The van der Waals surface area contributed by atoms with Crippen molar-refractivity contribution in [3.05, 3.63) is 52.0 Å². The third kappa shape index (κ3) is 6.71. The fourth-order valence-electron chi connectivity index (χ4n) is 2.40. The molecule has 0 unspecified atom stereocenters. The standard InChI is InChI=1S/C19H28N4S/c1-3-18-23-17(15-24-18)12-14-22-19(20-4-2)21-13-8-11-16-9-6-5-7-10-16/h5-7,9-10,15H,3-4,8,11-14H2,1-2H3,(H2,20,21,22). The number of aliphatic imine (C=N–C) groups is 1. The highest BCUT2D eigenvalue weighted by molar-refractivity contribution is 7.09. The number of nitrogens with one attached hydrogen (secondary N) is 2. The predicted octanol–water partition coefficient (Wildman–Crippen LogP) is 3.44. The van der Waals surface area contributed by atoms with Crippen LogP contribution in [0.5, 0.6) is 0 Å². The zero-order valence-corrected chi connectivity index (χ0v) is 15.5. The van der Waals surface area contributed by atoms with Crippen molar-refractivity contribution in [1.82, 2.24) is 15.6 Å². The molecule has 2 N–H and O–H groups in total. The number of hydrogen-bond acceptors (Lipinski definition) is 3. The third-order valence-corrected chi connectivity index (χ3v) is 4.70. The SMILES string of the molecule is CCNC(=NCCCc1ccccc1)NCCc1csc(CC)n1.